The van der Waals surface area contributed by atoms with Gasteiger partial charge in [0, 0.05) is 24.6 Å². The van der Waals surface area contributed by atoms with Gasteiger partial charge in [0.05, 0.1) is 5.41 Å². The lowest BCUT2D eigenvalue weighted by atomic mass is 9.92. The average Bonchev–Trinajstić information content (AvgIpc) is 2.30. The minimum atomic E-state index is -0.393. The molecule has 0 aliphatic carbocycles. The molecule has 94 valence electrons. The molecule has 2 N–H and O–H groups in total. The largest absolute Gasteiger partial charge is 0.359 e. The Morgan fingerprint density at radius 3 is 2.59 bits per heavy atom. The zero-order chi connectivity index (χ0) is 12.9. The second-order valence-electron chi connectivity index (χ2n) is 4.66. The van der Waals surface area contributed by atoms with Crippen molar-refractivity contribution in [1.82, 2.24) is 10.6 Å². The van der Waals surface area contributed by atoms with E-state index in [1.54, 1.807) is 7.05 Å². The summed E-state index contributed by atoms with van der Waals surface area (Å²) >= 11 is 3.50. The Bertz CT molecular complexity index is 391. The first-order chi connectivity index (χ1) is 7.97. The first-order valence-electron chi connectivity index (χ1n) is 5.63. The molecule has 1 aromatic carbocycles. The Morgan fingerprint density at radius 2 is 2.00 bits per heavy atom. The van der Waals surface area contributed by atoms with Gasteiger partial charge < -0.3 is 10.6 Å². The quantitative estimate of drug-likeness (QED) is 0.876. The van der Waals surface area contributed by atoms with Crippen molar-refractivity contribution in [2.45, 2.75) is 20.4 Å². The lowest BCUT2D eigenvalue weighted by Crippen LogP contribution is -2.41. The third kappa shape index (κ3) is 4.13. The number of hydrogen-bond donors (Lipinski definition) is 2. The van der Waals surface area contributed by atoms with Crippen LogP contribution in [0, 0.1) is 5.41 Å². The summed E-state index contributed by atoms with van der Waals surface area (Å²) in [7, 11) is 1.66. The van der Waals surface area contributed by atoms with Crippen molar-refractivity contribution in [3.05, 3.63) is 34.3 Å². The van der Waals surface area contributed by atoms with E-state index in [2.05, 4.69) is 32.6 Å². The zero-order valence-electron chi connectivity index (χ0n) is 10.5. The average molecular weight is 299 g/mol. The number of amides is 1. The van der Waals surface area contributed by atoms with Gasteiger partial charge in [0.25, 0.3) is 0 Å². The van der Waals surface area contributed by atoms with E-state index < -0.39 is 5.41 Å². The van der Waals surface area contributed by atoms with E-state index >= 15 is 0 Å². The maximum Gasteiger partial charge on any atom is 0.226 e. The Kier molecular flexibility index (Phi) is 5.15. The standard InChI is InChI=1S/C13H19BrN2O/c1-13(2,12(17)15-3)9-16-8-10-6-4-5-7-11(10)14/h4-7,16H,8-9H2,1-3H3,(H,15,17). The van der Waals surface area contributed by atoms with Crippen LogP contribution in [0.15, 0.2) is 28.7 Å². The summed E-state index contributed by atoms with van der Waals surface area (Å²) in [6.45, 7) is 5.26. The van der Waals surface area contributed by atoms with Crippen LogP contribution in [0.1, 0.15) is 19.4 Å². The van der Waals surface area contributed by atoms with Gasteiger partial charge in [-0.2, -0.15) is 0 Å². The molecule has 0 heterocycles. The smallest absolute Gasteiger partial charge is 0.226 e. The molecule has 0 atom stereocenters. The zero-order valence-corrected chi connectivity index (χ0v) is 12.1. The van der Waals surface area contributed by atoms with Crippen LogP contribution in [0.5, 0.6) is 0 Å². The topological polar surface area (TPSA) is 41.1 Å². The van der Waals surface area contributed by atoms with Crippen molar-refractivity contribution in [2.75, 3.05) is 13.6 Å². The summed E-state index contributed by atoms with van der Waals surface area (Å²) in [6.07, 6.45) is 0. The van der Waals surface area contributed by atoms with Gasteiger partial charge in [-0.15, -0.1) is 0 Å². The highest BCUT2D eigenvalue weighted by molar-refractivity contribution is 9.10. The summed E-state index contributed by atoms with van der Waals surface area (Å²) in [4.78, 5) is 11.6. The Hall–Kier alpha value is -0.870. The Morgan fingerprint density at radius 1 is 1.35 bits per heavy atom. The van der Waals surface area contributed by atoms with Crippen LogP contribution < -0.4 is 10.6 Å². The van der Waals surface area contributed by atoms with Crippen molar-refractivity contribution in [1.29, 1.82) is 0 Å². The SMILES string of the molecule is CNC(=O)C(C)(C)CNCc1ccccc1Br. The van der Waals surface area contributed by atoms with Crippen LogP contribution in [0.2, 0.25) is 0 Å². The first kappa shape index (κ1) is 14.2. The van der Waals surface area contributed by atoms with Gasteiger partial charge in [-0.1, -0.05) is 34.1 Å². The minimum Gasteiger partial charge on any atom is -0.359 e. The van der Waals surface area contributed by atoms with Crippen molar-refractivity contribution in [2.24, 2.45) is 5.41 Å². The van der Waals surface area contributed by atoms with E-state index in [0.29, 0.717) is 6.54 Å². The van der Waals surface area contributed by atoms with Crippen LogP contribution >= 0.6 is 15.9 Å². The van der Waals surface area contributed by atoms with Crippen LogP contribution in [0.25, 0.3) is 0 Å². The van der Waals surface area contributed by atoms with E-state index in [1.165, 1.54) is 5.56 Å². The van der Waals surface area contributed by atoms with Gasteiger partial charge in [-0.05, 0) is 25.5 Å². The van der Waals surface area contributed by atoms with Crippen LogP contribution in [0.4, 0.5) is 0 Å². The molecular weight excluding hydrogens is 280 g/mol. The highest BCUT2D eigenvalue weighted by Gasteiger charge is 2.25. The van der Waals surface area contributed by atoms with Crippen LogP contribution in [-0.2, 0) is 11.3 Å². The molecule has 0 radical (unpaired) electrons. The second kappa shape index (κ2) is 6.17. The summed E-state index contributed by atoms with van der Waals surface area (Å²) in [5.74, 6) is 0.0529. The summed E-state index contributed by atoms with van der Waals surface area (Å²) in [5.41, 5.74) is 0.802. The van der Waals surface area contributed by atoms with Gasteiger partial charge in [0.2, 0.25) is 5.91 Å². The number of carbonyl (C=O) groups is 1. The molecule has 0 spiro atoms. The normalized spacial score (nSPS) is 11.3. The molecule has 0 aromatic heterocycles. The molecule has 0 aliphatic heterocycles. The number of hydrogen-bond acceptors (Lipinski definition) is 2. The maximum atomic E-state index is 11.6. The van der Waals surface area contributed by atoms with Crippen molar-refractivity contribution in [3.8, 4) is 0 Å². The predicted molar refractivity (Wildman–Crippen MR) is 73.7 cm³/mol. The van der Waals surface area contributed by atoms with Gasteiger partial charge in [-0.3, -0.25) is 4.79 Å². The van der Waals surface area contributed by atoms with Crippen LogP contribution in [-0.4, -0.2) is 19.5 Å². The lowest BCUT2D eigenvalue weighted by Gasteiger charge is -2.23. The van der Waals surface area contributed by atoms with E-state index in [9.17, 15) is 4.79 Å². The molecule has 0 aliphatic rings. The predicted octanol–water partition coefficient (Wildman–Crippen LogP) is 2.31. The monoisotopic (exact) mass is 298 g/mol. The van der Waals surface area contributed by atoms with Crippen molar-refractivity contribution in [3.63, 3.8) is 0 Å². The van der Waals surface area contributed by atoms with Crippen molar-refractivity contribution < 1.29 is 4.79 Å². The third-order valence-electron chi connectivity index (χ3n) is 2.68. The van der Waals surface area contributed by atoms with Gasteiger partial charge >= 0.3 is 0 Å². The first-order valence-corrected chi connectivity index (χ1v) is 6.43. The van der Waals surface area contributed by atoms with E-state index in [4.69, 9.17) is 0 Å². The van der Waals surface area contributed by atoms with Crippen molar-refractivity contribution >= 4 is 21.8 Å². The molecule has 17 heavy (non-hydrogen) atoms. The number of rotatable bonds is 5. The summed E-state index contributed by atoms with van der Waals surface area (Å²) < 4.78 is 1.09. The fourth-order valence-electron chi connectivity index (χ4n) is 1.57. The molecule has 3 nitrogen and oxygen atoms in total. The molecule has 0 fully saturated rings. The summed E-state index contributed by atoms with van der Waals surface area (Å²) in [6, 6.07) is 8.07. The molecular formula is C13H19BrN2O. The third-order valence-corrected chi connectivity index (χ3v) is 3.46. The van der Waals surface area contributed by atoms with Gasteiger partial charge in [0.1, 0.15) is 0 Å². The fraction of sp³-hybridized carbons (Fsp3) is 0.462. The number of carbonyl (C=O) groups excluding carboxylic acids is 1. The number of benzene rings is 1. The highest BCUT2D eigenvalue weighted by Crippen LogP contribution is 2.17. The van der Waals surface area contributed by atoms with Gasteiger partial charge in [-0.25, -0.2) is 0 Å². The van der Waals surface area contributed by atoms with Gasteiger partial charge in [0.15, 0.2) is 0 Å². The minimum absolute atomic E-state index is 0.0529. The number of halogens is 1. The van der Waals surface area contributed by atoms with E-state index in [-0.39, 0.29) is 5.91 Å². The molecule has 4 heteroatoms. The Labute approximate surface area is 111 Å². The van der Waals surface area contributed by atoms with E-state index in [1.807, 2.05) is 32.0 Å². The molecule has 1 rings (SSSR count). The molecule has 0 unspecified atom stereocenters. The molecule has 1 aromatic rings. The highest BCUT2D eigenvalue weighted by atomic mass is 79.9. The fourth-order valence-corrected chi connectivity index (χ4v) is 2.00. The van der Waals surface area contributed by atoms with Crippen LogP contribution in [0.3, 0.4) is 0 Å². The maximum absolute atomic E-state index is 11.6. The lowest BCUT2D eigenvalue weighted by molar-refractivity contribution is -0.128. The molecule has 0 bridgehead atoms. The second-order valence-corrected chi connectivity index (χ2v) is 5.51. The number of nitrogens with one attached hydrogen (secondary N) is 2. The molecule has 1 amide bonds. The van der Waals surface area contributed by atoms with E-state index in [0.717, 1.165) is 11.0 Å². The molecule has 0 saturated carbocycles. The Balaban J connectivity index is 2.48. The summed E-state index contributed by atoms with van der Waals surface area (Å²) in [5, 5.41) is 5.98. The molecule has 0 saturated heterocycles.